The number of nitrogen functional groups attached to an aromatic ring is 1. The Morgan fingerprint density at radius 3 is 2.95 bits per heavy atom. The fourth-order valence-electron chi connectivity index (χ4n) is 2.78. The molecular weight excluding hydrogens is 286 g/mol. The Balaban J connectivity index is 2.27. The Labute approximate surface area is 126 Å². The summed E-state index contributed by atoms with van der Waals surface area (Å²) in [5.41, 5.74) is 8.98. The molecule has 0 unspecified atom stereocenters. The number of pyridine rings is 1. The molecule has 2 N–H and O–H groups in total. The quantitative estimate of drug-likeness (QED) is 0.861. The van der Waals surface area contributed by atoms with E-state index in [4.69, 9.17) is 10.5 Å². The third-order valence-corrected chi connectivity index (χ3v) is 4.81. The van der Waals surface area contributed by atoms with E-state index in [-0.39, 0.29) is 0 Å². The van der Waals surface area contributed by atoms with Crippen molar-refractivity contribution in [3.8, 4) is 6.07 Å². The highest BCUT2D eigenvalue weighted by Crippen LogP contribution is 2.38. The molecule has 0 saturated heterocycles. The van der Waals surface area contributed by atoms with Crippen molar-refractivity contribution < 1.29 is 9.53 Å². The number of carbonyl (C=O) groups is 1. The van der Waals surface area contributed by atoms with Gasteiger partial charge in [0.25, 0.3) is 0 Å². The number of rotatable bonds is 2. The molecule has 0 spiro atoms. The van der Waals surface area contributed by atoms with Crippen LogP contribution in [0.5, 0.6) is 0 Å². The molecule has 0 atom stereocenters. The van der Waals surface area contributed by atoms with Gasteiger partial charge in [0.05, 0.1) is 23.2 Å². The van der Waals surface area contributed by atoms with Gasteiger partial charge in [0.15, 0.2) is 0 Å². The number of hydrogen-bond donors (Lipinski definition) is 1. The lowest BCUT2D eigenvalue weighted by atomic mass is 9.91. The monoisotopic (exact) mass is 301 g/mol. The van der Waals surface area contributed by atoms with Crippen LogP contribution in [0.15, 0.2) is 0 Å². The van der Waals surface area contributed by atoms with E-state index < -0.39 is 5.97 Å². The van der Waals surface area contributed by atoms with E-state index >= 15 is 0 Å². The van der Waals surface area contributed by atoms with E-state index in [0.717, 1.165) is 36.9 Å². The summed E-state index contributed by atoms with van der Waals surface area (Å²) in [6.45, 7) is 2.04. The molecule has 3 rings (SSSR count). The number of carbonyl (C=O) groups excluding carboxylic acids is 1. The van der Waals surface area contributed by atoms with Gasteiger partial charge in [-0.1, -0.05) is 0 Å². The van der Waals surface area contributed by atoms with Crippen molar-refractivity contribution in [1.29, 1.82) is 5.26 Å². The summed E-state index contributed by atoms with van der Waals surface area (Å²) in [5.74, 6) is -0.445. The highest BCUT2D eigenvalue weighted by molar-refractivity contribution is 7.21. The lowest BCUT2D eigenvalue weighted by molar-refractivity contribution is 0.0533. The summed E-state index contributed by atoms with van der Waals surface area (Å²) in [6.07, 6.45) is 3.88. The number of nitriles is 1. The fourth-order valence-corrected chi connectivity index (χ4v) is 3.80. The molecule has 0 aromatic carbocycles. The molecule has 21 heavy (non-hydrogen) atoms. The second-order valence-corrected chi connectivity index (χ2v) is 5.98. The standard InChI is InChI=1S/C15H15N3O2S/c1-2-20-15(19)13-12(17)11-9(7-16)8-5-3-4-6-10(8)18-14(11)21-13/h2-6,17H2,1H3. The van der Waals surface area contributed by atoms with Crippen molar-refractivity contribution in [1.82, 2.24) is 4.98 Å². The average Bonchev–Trinajstić information content (AvgIpc) is 2.82. The van der Waals surface area contributed by atoms with Gasteiger partial charge in [0, 0.05) is 5.69 Å². The zero-order valence-corrected chi connectivity index (χ0v) is 12.5. The molecule has 6 heteroatoms. The zero-order valence-electron chi connectivity index (χ0n) is 11.7. The molecule has 2 aromatic heterocycles. The predicted octanol–water partition coefficient (Wildman–Crippen LogP) is 2.81. The summed E-state index contributed by atoms with van der Waals surface area (Å²) < 4.78 is 5.02. The molecule has 1 aliphatic rings. The molecule has 0 aliphatic heterocycles. The first-order valence-corrected chi connectivity index (χ1v) is 7.80. The van der Waals surface area contributed by atoms with Crippen LogP contribution in [0, 0.1) is 11.3 Å². The third kappa shape index (κ3) is 2.14. The number of nitrogens with two attached hydrogens (primary N) is 1. The molecule has 2 heterocycles. The van der Waals surface area contributed by atoms with Crippen molar-refractivity contribution in [2.24, 2.45) is 0 Å². The van der Waals surface area contributed by atoms with Crippen LogP contribution in [0.4, 0.5) is 5.69 Å². The molecule has 5 nitrogen and oxygen atoms in total. The van der Waals surface area contributed by atoms with Crippen LogP contribution >= 0.6 is 11.3 Å². The number of anilines is 1. The maximum absolute atomic E-state index is 12.0. The summed E-state index contributed by atoms with van der Waals surface area (Å²) in [5, 5.41) is 10.1. The van der Waals surface area contributed by atoms with Gasteiger partial charge in [-0.05, 0) is 38.2 Å². The number of esters is 1. The molecule has 2 aromatic rings. The van der Waals surface area contributed by atoms with Crippen LogP contribution in [-0.2, 0) is 17.6 Å². The van der Waals surface area contributed by atoms with E-state index in [9.17, 15) is 10.1 Å². The van der Waals surface area contributed by atoms with Crippen molar-refractivity contribution in [2.45, 2.75) is 32.6 Å². The topological polar surface area (TPSA) is 89.0 Å². The van der Waals surface area contributed by atoms with Gasteiger partial charge in [0.1, 0.15) is 15.8 Å². The van der Waals surface area contributed by atoms with Crippen LogP contribution in [0.1, 0.15) is 46.3 Å². The van der Waals surface area contributed by atoms with Crippen molar-refractivity contribution in [3.63, 3.8) is 0 Å². The lowest BCUT2D eigenvalue weighted by Crippen LogP contribution is -2.08. The number of aromatic nitrogens is 1. The normalized spacial score (nSPS) is 13.7. The first-order valence-electron chi connectivity index (χ1n) is 6.98. The van der Waals surface area contributed by atoms with E-state index in [0.29, 0.717) is 33.0 Å². The molecule has 0 fully saturated rings. The van der Waals surface area contributed by atoms with Gasteiger partial charge in [0.2, 0.25) is 0 Å². The summed E-state index contributed by atoms with van der Waals surface area (Å²) in [6, 6.07) is 2.26. The highest BCUT2D eigenvalue weighted by atomic mass is 32.1. The Hall–Kier alpha value is -2.13. The summed E-state index contributed by atoms with van der Waals surface area (Å²) >= 11 is 1.21. The summed E-state index contributed by atoms with van der Waals surface area (Å²) in [7, 11) is 0. The fraction of sp³-hybridized carbons (Fsp3) is 0.400. The molecule has 0 bridgehead atoms. The van der Waals surface area contributed by atoms with Crippen LogP contribution in [-0.4, -0.2) is 17.6 Å². The van der Waals surface area contributed by atoms with Crippen LogP contribution in [0.2, 0.25) is 0 Å². The van der Waals surface area contributed by atoms with Crippen LogP contribution in [0.3, 0.4) is 0 Å². The SMILES string of the molecule is CCOC(=O)c1sc2nc3c(c(C#N)c2c1N)CCCC3. The molecule has 0 saturated carbocycles. The smallest absolute Gasteiger partial charge is 0.350 e. The minimum Gasteiger partial charge on any atom is -0.462 e. The van der Waals surface area contributed by atoms with Crippen LogP contribution in [0.25, 0.3) is 10.2 Å². The van der Waals surface area contributed by atoms with Gasteiger partial charge >= 0.3 is 5.97 Å². The Bertz CT molecular complexity index is 774. The average molecular weight is 301 g/mol. The number of aryl methyl sites for hydroxylation is 1. The number of thiophene rings is 1. The van der Waals surface area contributed by atoms with Gasteiger partial charge in [-0.3, -0.25) is 0 Å². The van der Waals surface area contributed by atoms with Gasteiger partial charge in [-0.25, -0.2) is 9.78 Å². The molecule has 108 valence electrons. The van der Waals surface area contributed by atoms with Crippen molar-refractivity contribution >= 4 is 33.2 Å². The number of fused-ring (bicyclic) bond motifs is 2. The number of nitrogens with zero attached hydrogens (tertiary/aromatic N) is 2. The lowest BCUT2D eigenvalue weighted by Gasteiger charge is -2.16. The first-order chi connectivity index (χ1) is 10.2. The molecule has 0 amide bonds. The Kier molecular flexibility index (Phi) is 3.52. The molecule has 1 aliphatic carbocycles. The minimum atomic E-state index is -0.445. The van der Waals surface area contributed by atoms with E-state index in [1.165, 1.54) is 11.3 Å². The van der Waals surface area contributed by atoms with Gasteiger partial charge in [-0.2, -0.15) is 5.26 Å². The second kappa shape index (κ2) is 5.34. The second-order valence-electron chi connectivity index (χ2n) is 4.98. The largest absolute Gasteiger partial charge is 0.462 e. The third-order valence-electron chi connectivity index (χ3n) is 3.73. The number of hydrogen-bond acceptors (Lipinski definition) is 6. The van der Waals surface area contributed by atoms with E-state index in [1.807, 2.05) is 0 Å². The van der Waals surface area contributed by atoms with Gasteiger partial charge < -0.3 is 10.5 Å². The van der Waals surface area contributed by atoms with Crippen molar-refractivity contribution in [3.05, 3.63) is 21.7 Å². The first kappa shape index (κ1) is 13.8. The highest BCUT2D eigenvalue weighted by Gasteiger charge is 2.25. The minimum absolute atomic E-state index is 0.293. The molecule has 0 radical (unpaired) electrons. The van der Waals surface area contributed by atoms with E-state index in [1.54, 1.807) is 6.92 Å². The Morgan fingerprint density at radius 2 is 2.24 bits per heavy atom. The predicted molar refractivity (Wildman–Crippen MR) is 81.3 cm³/mol. The van der Waals surface area contributed by atoms with Crippen LogP contribution < -0.4 is 5.73 Å². The Morgan fingerprint density at radius 1 is 1.48 bits per heavy atom. The van der Waals surface area contributed by atoms with Gasteiger partial charge in [-0.15, -0.1) is 11.3 Å². The summed E-state index contributed by atoms with van der Waals surface area (Å²) in [4.78, 5) is 17.6. The van der Waals surface area contributed by atoms with E-state index in [2.05, 4.69) is 11.1 Å². The van der Waals surface area contributed by atoms with Crippen molar-refractivity contribution in [2.75, 3.05) is 12.3 Å². The molecular formula is C15H15N3O2S. The maximum atomic E-state index is 12.0. The zero-order chi connectivity index (χ0) is 15.0. The maximum Gasteiger partial charge on any atom is 0.350 e. The number of ether oxygens (including phenoxy) is 1.